The number of benzene rings is 2. The third-order valence-corrected chi connectivity index (χ3v) is 9.74. The summed E-state index contributed by atoms with van der Waals surface area (Å²) in [5.41, 5.74) is 4.92. The van der Waals surface area contributed by atoms with Gasteiger partial charge in [-0.2, -0.15) is 0 Å². The van der Waals surface area contributed by atoms with E-state index < -0.39 is 0 Å². The lowest BCUT2D eigenvalue weighted by Gasteiger charge is -2.20. The summed E-state index contributed by atoms with van der Waals surface area (Å²) in [5, 5.41) is 8.79. The van der Waals surface area contributed by atoms with Crippen LogP contribution in [0.4, 0.5) is 17.1 Å². The maximum absolute atomic E-state index is 13.2. The van der Waals surface area contributed by atoms with E-state index in [1.807, 2.05) is 59.3 Å². The summed E-state index contributed by atoms with van der Waals surface area (Å²) in [6.45, 7) is 5.94. The largest absolute Gasteiger partial charge is 0.493 e. The fourth-order valence-electron chi connectivity index (χ4n) is 6.81. The average Bonchev–Trinajstić information content (AvgIpc) is 3.87. The Labute approximate surface area is 315 Å². The highest BCUT2D eigenvalue weighted by atomic mass is 16.5. The first kappa shape index (κ1) is 37.9. The first-order chi connectivity index (χ1) is 26.0. The molecule has 0 unspecified atom stereocenters. The van der Waals surface area contributed by atoms with Crippen LogP contribution in [0.2, 0.25) is 0 Å². The van der Waals surface area contributed by atoms with Crippen LogP contribution in [0.3, 0.4) is 0 Å². The molecule has 0 bridgehead atoms. The molecule has 1 saturated heterocycles. The Bertz CT molecular complexity index is 2040. The number of aryl methyl sites for hydroxylation is 2. The predicted molar refractivity (Wildman–Crippen MR) is 209 cm³/mol. The van der Waals surface area contributed by atoms with E-state index in [4.69, 9.17) is 9.47 Å². The van der Waals surface area contributed by atoms with Gasteiger partial charge in [0, 0.05) is 69.5 Å². The summed E-state index contributed by atoms with van der Waals surface area (Å²) < 4.78 is 15.0. The minimum atomic E-state index is -0.323. The molecule has 284 valence electrons. The molecule has 0 radical (unpaired) electrons. The van der Waals surface area contributed by atoms with Crippen LogP contribution >= 0.6 is 0 Å². The van der Waals surface area contributed by atoms with Crippen LogP contribution in [0.5, 0.6) is 11.5 Å². The van der Waals surface area contributed by atoms with Crippen molar-refractivity contribution in [3.8, 4) is 22.6 Å². The van der Waals surface area contributed by atoms with Crippen LogP contribution in [-0.4, -0.2) is 76.7 Å². The second-order valence-corrected chi connectivity index (χ2v) is 14.3. The smallest absolute Gasteiger partial charge is 0.272 e. The van der Waals surface area contributed by atoms with Gasteiger partial charge >= 0.3 is 0 Å². The molecule has 4 aromatic rings. The van der Waals surface area contributed by atoms with E-state index in [2.05, 4.69) is 34.8 Å². The van der Waals surface area contributed by atoms with Gasteiger partial charge in [0.25, 0.3) is 17.7 Å². The van der Waals surface area contributed by atoms with Gasteiger partial charge in [-0.15, -0.1) is 0 Å². The van der Waals surface area contributed by atoms with E-state index >= 15 is 0 Å². The molecule has 2 aromatic carbocycles. The zero-order valence-electron chi connectivity index (χ0n) is 31.6. The van der Waals surface area contributed by atoms with Crippen LogP contribution in [0, 0.1) is 5.92 Å². The van der Waals surface area contributed by atoms with Crippen LogP contribution in [0.15, 0.2) is 65.9 Å². The van der Waals surface area contributed by atoms with Gasteiger partial charge in [-0.05, 0) is 73.9 Å². The van der Waals surface area contributed by atoms with Gasteiger partial charge < -0.3 is 39.5 Å². The number of carbonyl (C=O) groups excluding carboxylic acids is 4. The Morgan fingerprint density at radius 2 is 1.65 bits per heavy atom. The Hall–Kier alpha value is -5.85. The number of nitrogens with zero attached hydrogens (tertiary/aromatic N) is 4. The van der Waals surface area contributed by atoms with Gasteiger partial charge in [0.15, 0.2) is 11.5 Å². The fourth-order valence-corrected chi connectivity index (χ4v) is 6.81. The number of amides is 4. The van der Waals surface area contributed by atoms with Crippen LogP contribution in [0.1, 0.15) is 83.7 Å². The third kappa shape index (κ3) is 8.84. The molecule has 0 spiro atoms. The SMILES string of the molecule is COc1cc2c(cc1OCCCC(=O)Nc1cc(C(=O)Nc3ccc(-c4cc(C(=O)NCCCC(C)C)n(C)c4)cc3)n(C)c1)N=C[C@@H]1CCCN1C2=O. The molecule has 1 atom stereocenters. The topological polar surface area (TPSA) is 148 Å². The van der Waals surface area contributed by atoms with E-state index in [1.54, 1.807) is 36.0 Å². The number of ether oxygens (including phenoxy) is 2. The van der Waals surface area contributed by atoms with E-state index in [0.29, 0.717) is 70.9 Å². The fraction of sp³-hybridized carbons (Fsp3) is 0.390. The van der Waals surface area contributed by atoms with Crippen LogP contribution < -0.4 is 25.4 Å². The first-order valence-electron chi connectivity index (χ1n) is 18.5. The van der Waals surface area contributed by atoms with Crippen molar-refractivity contribution in [2.45, 2.75) is 58.4 Å². The summed E-state index contributed by atoms with van der Waals surface area (Å²) in [5.74, 6) is 0.794. The molecule has 6 rings (SSSR count). The summed E-state index contributed by atoms with van der Waals surface area (Å²) in [6, 6.07) is 14.3. The molecular weight excluding hydrogens is 686 g/mol. The Balaban J connectivity index is 0.978. The minimum absolute atomic E-state index is 0.00774. The molecule has 4 heterocycles. The summed E-state index contributed by atoms with van der Waals surface area (Å²) >= 11 is 0. The minimum Gasteiger partial charge on any atom is -0.493 e. The molecule has 4 amide bonds. The molecule has 54 heavy (non-hydrogen) atoms. The van der Waals surface area contributed by atoms with E-state index in [1.165, 1.54) is 7.11 Å². The van der Waals surface area contributed by atoms with Gasteiger partial charge in [-0.1, -0.05) is 26.0 Å². The van der Waals surface area contributed by atoms with Gasteiger partial charge in [0.05, 0.1) is 36.7 Å². The number of hydrogen-bond acceptors (Lipinski definition) is 7. The number of aromatic nitrogens is 2. The maximum Gasteiger partial charge on any atom is 0.272 e. The number of methoxy groups -OCH3 is 1. The summed E-state index contributed by atoms with van der Waals surface area (Å²) in [4.78, 5) is 58.2. The van der Waals surface area contributed by atoms with Gasteiger partial charge in [-0.25, -0.2) is 0 Å². The van der Waals surface area contributed by atoms with Crippen molar-refractivity contribution in [2.75, 3.05) is 37.4 Å². The number of anilines is 2. The number of rotatable bonds is 15. The van der Waals surface area contributed by atoms with Crippen molar-refractivity contribution in [3.05, 3.63) is 77.9 Å². The molecule has 2 aliphatic rings. The Morgan fingerprint density at radius 1 is 0.889 bits per heavy atom. The molecule has 2 aliphatic heterocycles. The second-order valence-electron chi connectivity index (χ2n) is 14.3. The van der Waals surface area contributed by atoms with Gasteiger partial charge in [0.2, 0.25) is 5.91 Å². The number of carbonyl (C=O) groups is 4. The third-order valence-electron chi connectivity index (χ3n) is 9.74. The first-order valence-corrected chi connectivity index (χ1v) is 18.5. The molecule has 2 aromatic heterocycles. The van der Waals surface area contributed by atoms with Crippen molar-refractivity contribution in [1.82, 2.24) is 19.4 Å². The molecule has 1 fully saturated rings. The summed E-state index contributed by atoms with van der Waals surface area (Å²) in [7, 11) is 5.12. The normalized spacial score (nSPS) is 14.7. The van der Waals surface area contributed by atoms with E-state index in [-0.39, 0.29) is 42.7 Å². The van der Waals surface area contributed by atoms with E-state index in [0.717, 1.165) is 36.8 Å². The molecular formula is C41H49N7O6. The number of nitrogens with one attached hydrogen (secondary N) is 3. The van der Waals surface area contributed by atoms with Gasteiger partial charge in [-0.3, -0.25) is 24.2 Å². The number of fused-ring (bicyclic) bond motifs is 2. The van der Waals surface area contributed by atoms with E-state index in [9.17, 15) is 19.2 Å². The lowest BCUT2D eigenvalue weighted by molar-refractivity contribution is -0.116. The van der Waals surface area contributed by atoms with Crippen molar-refractivity contribution in [2.24, 2.45) is 25.0 Å². The monoisotopic (exact) mass is 735 g/mol. The van der Waals surface area contributed by atoms with Crippen LogP contribution in [0.25, 0.3) is 11.1 Å². The standard InChI is InChI=1S/C41H49N7O6/c1-26(2)9-6-16-42-39(50)34-19-28(24-46(34)3)27-12-14-29(15-13-27)45-40(51)35-20-30(25-47(35)4)44-38(49)11-8-18-54-37-22-33-32(21-36(37)53-5)41(52)48-17-7-10-31(48)23-43-33/h12-15,19-26,31H,6-11,16-18H2,1-5H3,(H,42,50)(H,44,49)(H,45,51)/t31-/m0/s1. The van der Waals surface area contributed by atoms with Crippen molar-refractivity contribution in [1.29, 1.82) is 0 Å². The van der Waals surface area contributed by atoms with Crippen molar-refractivity contribution < 1.29 is 28.7 Å². The Kier molecular flexibility index (Phi) is 11.8. The molecule has 3 N–H and O–H groups in total. The quantitative estimate of drug-likeness (QED) is 0.118. The zero-order chi connectivity index (χ0) is 38.4. The second kappa shape index (κ2) is 16.9. The van der Waals surface area contributed by atoms with Crippen molar-refractivity contribution in [3.63, 3.8) is 0 Å². The lowest BCUT2D eigenvalue weighted by Crippen LogP contribution is -2.35. The number of aliphatic imine (C=N–C) groups is 1. The van der Waals surface area contributed by atoms with Crippen LogP contribution in [-0.2, 0) is 18.9 Å². The highest BCUT2D eigenvalue weighted by Gasteiger charge is 2.32. The zero-order valence-corrected chi connectivity index (χ0v) is 31.6. The molecule has 13 heteroatoms. The lowest BCUT2D eigenvalue weighted by atomic mass is 10.1. The van der Waals surface area contributed by atoms with Crippen molar-refractivity contribution >= 4 is 46.9 Å². The predicted octanol–water partition coefficient (Wildman–Crippen LogP) is 6.58. The number of hydrogen-bond donors (Lipinski definition) is 3. The highest BCUT2D eigenvalue weighted by Crippen LogP contribution is 2.38. The Morgan fingerprint density at radius 3 is 2.41 bits per heavy atom. The molecule has 0 saturated carbocycles. The average molecular weight is 736 g/mol. The molecule has 13 nitrogen and oxygen atoms in total. The summed E-state index contributed by atoms with van der Waals surface area (Å²) in [6.07, 6.45) is 9.92. The molecule has 0 aliphatic carbocycles. The maximum atomic E-state index is 13.2. The highest BCUT2D eigenvalue weighted by molar-refractivity contribution is 6.05. The van der Waals surface area contributed by atoms with Gasteiger partial charge in [0.1, 0.15) is 11.4 Å².